The summed E-state index contributed by atoms with van der Waals surface area (Å²) in [7, 11) is 0. The molecular formula is C11H21N3O. The van der Waals surface area contributed by atoms with Crippen molar-refractivity contribution in [2.24, 2.45) is 16.3 Å². The molecule has 2 saturated carbocycles. The van der Waals surface area contributed by atoms with Crippen molar-refractivity contribution in [1.82, 2.24) is 5.32 Å². The lowest BCUT2D eigenvalue weighted by molar-refractivity contribution is 0.194. The van der Waals surface area contributed by atoms with Gasteiger partial charge in [-0.15, -0.1) is 0 Å². The second-order valence-corrected chi connectivity index (χ2v) is 5.54. The zero-order chi connectivity index (χ0) is 10.9. The molecule has 0 bridgehead atoms. The van der Waals surface area contributed by atoms with Crippen LogP contribution in [0, 0.1) is 5.41 Å². The van der Waals surface area contributed by atoms with E-state index < -0.39 is 0 Å². The van der Waals surface area contributed by atoms with Crippen molar-refractivity contribution in [3.63, 3.8) is 0 Å². The summed E-state index contributed by atoms with van der Waals surface area (Å²) in [5.74, 6) is 0.369. The molecule has 0 atom stereocenters. The molecule has 2 aliphatic rings. The van der Waals surface area contributed by atoms with Gasteiger partial charge in [-0.3, -0.25) is 0 Å². The van der Waals surface area contributed by atoms with Crippen molar-refractivity contribution < 1.29 is 5.21 Å². The fraction of sp³-hybridized carbons (Fsp3) is 0.909. The van der Waals surface area contributed by atoms with Gasteiger partial charge in [0.15, 0.2) is 0 Å². The first-order valence-corrected chi connectivity index (χ1v) is 5.79. The van der Waals surface area contributed by atoms with E-state index in [1.54, 1.807) is 0 Å². The summed E-state index contributed by atoms with van der Waals surface area (Å²) in [6.45, 7) is 3.30. The molecular weight excluding hydrogens is 190 g/mol. The number of oxime groups is 1. The van der Waals surface area contributed by atoms with Crippen LogP contribution in [-0.2, 0) is 0 Å². The van der Waals surface area contributed by atoms with E-state index in [4.69, 9.17) is 10.9 Å². The molecule has 0 saturated heterocycles. The second kappa shape index (κ2) is 3.67. The van der Waals surface area contributed by atoms with Crippen LogP contribution in [0.25, 0.3) is 0 Å². The Kier molecular flexibility index (Phi) is 2.63. The molecule has 0 amide bonds. The van der Waals surface area contributed by atoms with Gasteiger partial charge in [-0.25, -0.2) is 0 Å². The molecule has 2 aliphatic carbocycles. The topological polar surface area (TPSA) is 70.6 Å². The Bertz CT molecular complexity index is 267. The van der Waals surface area contributed by atoms with Gasteiger partial charge in [-0.05, 0) is 44.4 Å². The third-order valence-corrected chi connectivity index (χ3v) is 3.99. The predicted octanol–water partition coefficient (Wildman–Crippen LogP) is 1.44. The van der Waals surface area contributed by atoms with Crippen molar-refractivity contribution in [1.29, 1.82) is 0 Å². The number of rotatable bonds is 5. The van der Waals surface area contributed by atoms with Gasteiger partial charge in [-0.1, -0.05) is 5.16 Å². The fourth-order valence-electron chi connectivity index (χ4n) is 2.30. The SMILES string of the molecule is CC1(NCC2(CC(N)=NO)CC2)CCC1. The molecule has 86 valence electrons. The van der Waals surface area contributed by atoms with Crippen LogP contribution >= 0.6 is 0 Å². The van der Waals surface area contributed by atoms with Gasteiger partial charge in [0.1, 0.15) is 5.84 Å². The van der Waals surface area contributed by atoms with Gasteiger partial charge >= 0.3 is 0 Å². The largest absolute Gasteiger partial charge is 0.409 e. The summed E-state index contributed by atoms with van der Waals surface area (Å²) < 4.78 is 0. The quantitative estimate of drug-likeness (QED) is 0.279. The summed E-state index contributed by atoms with van der Waals surface area (Å²) in [6.07, 6.45) is 7.04. The molecule has 15 heavy (non-hydrogen) atoms. The first-order chi connectivity index (χ1) is 7.08. The Labute approximate surface area is 90.9 Å². The number of nitrogens with zero attached hydrogens (tertiary/aromatic N) is 1. The van der Waals surface area contributed by atoms with Gasteiger partial charge < -0.3 is 16.3 Å². The molecule has 0 aromatic carbocycles. The monoisotopic (exact) mass is 211 g/mol. The predicted molar refractivity (Wildman–Crippen MR) is 60.0 cm³/mol. The molecule has 0 aliphatic heterocycles. The van der Waals surface area contributed by atoms with Crippen LogP contribution in [0.15, 0.2) is 5.16 Å². The Balaban J connectivity index is 1.78. The van der Waals surface area contributed by atoms with E-state index in [2.05, 4.69) is 17.4 Å². The van der Waals surface area contributed by atoms with E-state index in [1.807, 2.05) is 0 Å². The van der Waals surface area contributed by atoms with Crippen molar-refractivity contribution in [3.05, 3.63) is 0 Å². The zero-order valence-corrected chi connectivity index (χ0v) is 9.42. The third kappa shape index (κ3) is 2.43. The van der Waals surface area contributed by atoms with E-state index in [0.29, 0.717) is 11.4 Å². The van der Waals surface area contributed by atoms with Gasteiger partial charge in [0.25, 0.3) is 0 Å². The fourth-order valence-corrected chi connectivity index (χ4v) is 2.30. The molecule has 0 aromatic rings. The van der Waals surface area contributed by atoms with E-state index in [9.17, 15) is 0 Å². The lowest BCUT2D eigenvalue weighted by Crippen LogP contribution is -2.50. The lowest BCUT2D eigenvalue weighted by Gasteiger charge is -2.40. The van der Waals surface area contributed by atoms with Crippen LogP contribution in [0.5, 0.6) is 0 Å². The highest BCUT2D eigenvalue weighted by atomic mass is 16.4. The summed E-state index contributed by atoms with van der Waals surface area (Å²) in [5.41, 5.74) is 6.21. The van der Waals surface area contributed by atoms with E-state index in [-0.39, 0.29) is 5.41 Å². The second-order valence-electron chi connectivity index (χ2n) is 5.54. The van der Waals surface area contributed by atoms with Crippen LogP contribution in [0.3, 0.4) is 0 Å². The molecule has 4 N–H and O–H groups in total. The molecule has 0 heterocycles. The van der Waals surface area contributed by atoms with E-state index in [0.717, 1.165) is 13.0 Å². The summed E-state index contributed by atoms with van der Waals surface area (Å²) in [4.78, 5) is 0. The molecule has 0 radical (unpaired) electrons. The average Bonchev–Trinajstić information content (AvgIpc) is 2.92. The van der Waals surface area contributed by atoms with Crippen molar-refractivity contribution in [3.8, 4) is 0 Å². The maximum atomic E-state index is 8.55. The van der Waals surface area contributed by atoms with Crippen LogP contribution < -0.4 is 11.1 Å². The minimum Gasteiger partial charge on any atom is -0.409 e. The highest BCUT2D eigenvalue weighted by molar-refractivity contribution is 5.80. The Morgan fingerprint density at radius 2 is 2.07 bits per heavy atom. The Hall–Kier alpha value is -0.770. The minimum absolute atomic E-state index is 0.287. The zero-order valence-electron chi connectivity index (χ0n) is 9.42. The number of nitrogens with two attached hydrogens (primary N) is 1. The number of amidine groups is 1. The van der Waals surface area contributed by atoms with Crippen LogP contribution in [0.1, 0.15) is 45.4 Å². The number of hydrogen-bond donors (Lipinski definition) is 3. The number of nitrogens with one attached hydrogen (secondary N) is 1. The van der Waals surface area contributed by atoms with Gasteiger partial charge in [0, 0.05) is 18.5 Å². The third-order valence-electron chi connectivity index (χ3n) is 3.99. The maximum Gasteiger partial charge on any atom is 0.139 e. The molecule has 0 unspecified atom stereocenters. The lowest BCUT2D eigenvalue weighted by atomic mass is 9.78. The summed E-state index contributed by atoms with van der Waals surface area (Å²) in [5, 5.41) is 15.2. The van der Waals surface area contributed by atoms with Gasteiger partial charge in [0.2, 0.25) is 0 Å². The Morgan fingerprint density at radius 3 is 2.47 bits per heavy atom. The van der Waals surface area contributed by atoms with Gasteiger partial charge in [-0.2, -0.15) is 0 Å². The highest BCUT2D eigenvalue weighted by Gasteiger charge is 2.45. The number of hydrogen-bond acceptors (Lipinski definition) is 3. The van der Waals surface area contributed by atoms with Gasteiger partial charge in [0.05, 0.1) is 0 Å². The molecule has 4 heteroatoms. The van der Waals surface area contributed by atoms with Crippen LogP contribution in [0.4, 0.5) is 0 Å². The average molecular weight is 211 g/mol. The maximum absolute atomic E-state index is 8.55. The van der Waals surface area contributed by atoms with Crippen LogP contribution in [-0.4, -0.2) is 23.1 Å². The standard InChI is InChI=1S/C11H21N3O/c1-10(3-2-4-10)13-8-11(5-6-11)7-9(12)14-15/h13,15H,2-8H2,1H3,(H2,12,14). The van der Waals surface area contributed by atoms with Crippen molar-refractivity contribution in [2.75, 3.05) is 6.54 Å². The molecule has 4 nitrogen and oxygen atoms in total. The first kappa shape index (κ1) is 10.7. The minimum atomic E-state index is 0.287. The molecule has 0 spiro atoms. The summed E-state index contributed by atoms with van der Waals surface area (Å²) in [6, 6.07) is 0. The van der Waals surface area contributed by atoms with Crippen LogP contribution in [0.2, 0.25) is 0 Å². The highest BCUT2D eigenvalue weighted by Crippen LogP contribution is 2.49. The van der Waals surface area contributed by atoms with Crippen molar-refractivity contribution in [2.45, 2.75) is 51.0 Å². The molecule has 2 fully saturated rings. The molecule has 2 rings (SSSR count). The smallest absolute Gasteiger partial charge is 0.139 e. The summed E-state index contributed by atoms with van der Waals surface area (Å²) >= 11 is 0. The normalized spacial score (nSPS) is 27.1. The molecule has 0 aromatic heterocycles. The van der Waals surface area contributed by atoms with E-state index in [1.165, 1.54) is 32.1 Å². The Morgan fingerprint density at radius 1 is 1.40 bits per heavy atom. The first-order valence-electron chi connectivity index (χ1n) is 5.79. The van der Waals surface area contributed by atoms with E-state index >= 15 is 0 Å². The van der Waals surface area contributed by atoms with Crippen molar-refractivity contribution >= 4 is 5.84 Å².